The summed E-state index contributed by atoms with van der Waals surface area (Å²) in [5.74, 6) is 0.450. The number of aliphatic hydroxyl groups excluding tert-OH is 1. The lowest BCUT2D eigenvalue weighted by atomic mass is 9.95. The number of hydrogen-bond acceptors (Lipinski definition) is 3. The smallest absolute Gasteiger partial charge is 0.0436 e. The summed E-state index contributed by atoms with van der Waals surface area (Å²) in [6, 6.07) is 2.11. The van der Waals surface area contributed by atoms with Crippen molar-refractivity contribution in [3.05, 3.63) is 22.4 Å². The van der Waals surface area contributed by atoms with Gasteiger partial charge in [0, 0.05) is 6.61 Å². The highest BCUT2D eigenvalue weighted by molar-refractivity contribution is 7.07. The van der Waals surface area contributed by atoms with Crippen LogP contribution in [-0.4, -0.2) is 18.3 Å². The average Bonchev–Trinajstić information content (AvgIpc) is 2.56. The molecule has 0 bridgehead atoms. The van der Waals surface area contributed by atoms with E-state index < -0.39 is 0 Å². The predicted molar refractivity (Wildman–Crippen MR) is 52.4 cm³/mol. The highest BCUT2D eigenvalue weighted by Crippen LogP contribution is 2.24. The third-order valence-electron chi connectivity index (χ3n) is 2.01. The van der Waals surface area contributed by atoms with E-state index in [4.69, 9.17) is 10.8 Å². The Hall–Kier alpha value is -0.380. The maximum absolute atomic E-state index is 8.82. The molecule has 12 heavy (non-hydrogen) atoms. The van der Waals surface area contributed by atoms with Gasteiger partial charge in [0.25, 0.3) is 0 Å². The molecule has 0 saturated carbocycles. The van der Waals surface area contributed by atoms with Crippen molar-refractivity contribution in [2.45, 2.75) is 18.8 Å². The predicted octanol–water partition coefficient (Wildman–Crippen LogP) is 1.56. The van der Waals surface area contributed by atoms with Crippen molar-refractivity contribution in [2.75, 3.05) is 13.2 Å². The second kappa shape index (κ2) is 5.30. The summed E-state index contributed by atoms with van der Waals surface area (Å²) < 4.78 is 0. The van der Waals surface area contributed by atoms with Gasteiger partial charge in [-0.15, -0.1) is 0 Å². The Morgan fingerprint density at radius 1 is 1.50 bits per heavy atom. The third-order valence-corrected chi connectivity index (χ3v) is 2.71. The summed E-state index contributed by atoms with van der Waals surface area (Å²) in [6.07, 6.45) is 1.80. The number of hydrogen-bond donors (Lipinski definition) is 2. The molecule has 1 rings (SSSR count). The van der Waals surface area contributed by atoms with E-state index in [0.29, 0.717) is 12.5 Å². The summed E-state index contributed by atoms with van der Waals surface area (Å²) in [6.45, 7) is 0.945. The first kappa shape index (κ1) is 9.71. The van der Waals surface area contributed by atoms with E-state index in [9.17, 15) is 0 Å². The van der Waals surface area contributed by atoms with Gasteiger partial charge in [0.1, 0.15) is 0 Å². The van der Waals surface area contributed by atoms with E-state index in [1.165, 1.54) is 5.56 Å². The van der Waals surface area contributed by atoms with E-state index in [1.807, 2.05) is 0 Å². The van der Waals surface area contributed by atoms with Crippen molar-refractivity contribution in [1.29, 1.82) is 0 Å². The normalized spacial score (nSPS) is 13.2. The zero-order chi connectivity index (χ0) is 8.81. The first-order chi connectivity index (χ1) is 5.88. The summed E-state index contributed by atoms with van der Waals surface area (Å²) in [5.41, 5.74) is 6.81. The maximum Gasteiger partial charge on any atom is 0.0436 e. The molecule has 2 nitrogen and oxygen atoms in total. The van der Waals surface area contributed by atoms with Crippen LogP contribution in [0.2, 0.25) is 0 Å². The zero-order valence-electron chi connectivity index (χ0n) is 7.07. The van der Waals surface area contributed by atoms with Gasteiger partial charge in [0.05, 0.1) is 0 Å². The lowest BCUT2D eigenvalue weighted by molar-refractivity contribution is 0.273. The fraction of sp³-hybridized carbons (Fsp3) is 0.556. The molecule has 0 aliphatic carbocycles. The second-order valence-corrected chi connectivity index (χ2v) is 3.62. The zero-order valence-corrected chi connectivity index (χ0v) is 7.89. The van der Waals surface area contributed by atoms with Gasteiger partial charge < -0.3 is 10.8 Å². The summed E-state index contributed by atoms with van der Waals surface area (Å²) >= 11 is 1.70. The molecule has 68 valence electrons. The Morgan fingerprint density at radius 3 is 2.83 bits per heavy atom. The maximum atomic E-state index is 8.82. The van der Waals surface area contributed by atoms with Crippen molar-refractivity contribution in [3.63, 3.8) is 0 Å². The van der Waals surface area contributed by atoms with Gasteiger partial charge in [-0.05, 0) is 47.7 Å². The van der Waals surface area contributed by atoms with Gasteiger partial charge in [0.2, 0.25) is 0 Å². The molecule has 1 aromatic rings. The van der Waals surface area contributed by atoms with Crippen LogP contribution in [0.15, 0.2) is 16.8 Å². The molecule has 1 atom stereocenters. The number of thiophene rings is 1. The molecule has 0 radical (unpaired) electrons. The standard InChI is InChI=1S/C9H15NOS/c10-4-1-8(2-5-11)9-3-6-12-7-9/h3,6-8,11H,1-2,4-5,10H2/t8-/m1/s1. The Balaban J connectivity index is 2.53. The van der Waals surface area contributed by atoms with Crippen LogP contribution in [0.1, 0.15) is 24.3 Å². The average molecular weight is 185 g/mol. The molecule has 3 heteroatoms. The molecular formula is C9H15NOS. The Labute approximate surface area is 77.0 Å². The van der Waals surface area contributed by atoms with E-state index in [0.717, 1.165) is 12.8 Å². The van der Waals surface area contributed by atoms with E-state index in [-0.39, 0.29) is 6.61 Å². The quantitative estimate of drug-likeness (QED) is 0.731. The number of aliphatic hydroxyl groups is 1. The van der Waals surface area contributed by atoms with Gasteiger partial charge in [0.15, 0.2) is 0 Å². The largest absolute Gasteiger partial charge is 0.396 e. The third kappa shape index (κ3) is 2.59. The molecule has 0 spiro atoms. The highest BCUT2D eigenvalue weighted by atomic mass is 32.1. The molecule has 0 aliphatic heterocycles. The summed E-state index contributed by atoms with van der Waals surface area (Å²) in [4.78, 5) is 0. The molecule has 3 N–H and O–H groups in total. The molecule has 0 fully saturated rings. The summed E-state index contributed by atoms with van der Waals surface area (Å²) in [5, 5.41) is 13.0. The SMILES string of the molecule is NCC[C@H](CCO)c1ccsc1. The van der Waals surface area contributed by atoms with Crippen molar-refractivity contribution in [2.24, 2.45) is 5.73 Å². The first-order valence-electron chi connectivity index (χ1n) is 4.21. The number of rotatable bonds is 5. The molecule has 0 aliphatic rings. The van der Waals surface area contributed by atoms with Crippen LogP contribution in [0.25, 0.3) is 0 Å². The second-order valence-electron chi connectivity index (χ2n) is 2.84. The van der Waals surface area contributed by atoms with Gasteiger partial charge in [-0.25, -0.2) is 0 Å². The fourth-order valence-corrected chi connectivity index (χ4v) is 2.08. The van der Waals surface area contributed by atoms with Crippen LogP contribution >= 0.6 is 11.3 Å². The molecule has 1 aromatic heterocycles. The van der Waals surface area contributed by atoms with Gasteiger partial charge in [-0.1, -0.05) is 0 Å². The lowest BCUT2D eigenvalue weighted by Gasteiger charge is -2.12. The molecule has 0 amide bonds. The fourth-order valence-electron chi connectivity index (χ4n) is 1.34. The van der Waals surface area contributed by atoms with Gasteiger partial charge >= 0.3 is 0 Å². The van der Waals surface area contributed by atoms with Gasteiger partial charge in [-0.2, -0.15) is 11.3 Å². The molecule has 1 heterocycles. The Morgan fingerprint density at radius 2 is 2.33 bits per heavy atom. The molecule has 0 saturated heterocycles. The van der Waals surface area contributed by atoms with Gasteiger partial charge in [-0.3, -0.25) is 0 Å². The lowest BCUT2D eigenvalue weighted by Crippen LogP contribution is -2.08. The molecule has 0 unspecified atom stereocenters. The summed E-state index contributed by atoms with van der Waals surface area (Å²) in [7, 11) is 0. The minimum absolute atomic E-state index is 0.251. The van der Waals surface area contributed by atoms with Crippen LogP contribution in [-0.2, 0) is 0 Å². The Bertz CT molecular complexity index is 192. The van der Waals surface area contributed by atoms with Crippen molar-refractivity contribution >= 4 is 11.3 Å². The monoisotopic (exact) mass is 185 g/mol. The van der Waals surface area contributed by atoms with Crippen molar-refractivity contribution in [1.82, 2.24) is 0 Å². The minimum Gasteiger partial charge on any atom is -0.396 e. The minimum atomic E-state index is 0.251. The number of nitrogens with two attached hydrogens (primary N) is 1. The van der Waals surface area contributed by atoms with Crippen molar-refractivity contribution in [3.8, 4) is 0 Å². The topological polar surface area (TPSA) is 46.2 Å². The van der Waals surface area contributed by atoms with Crippen molar-refractivity contribution < 1.29 is 5.11 Å². The van der Waals surface area contributed by atoms with Crippen LogP contribution in [0.3, 0.4) is 0 Å². The van der Waals surface area contributed by atoms with Crippen LogP contribution < -0.4 is 5.73 Å². The first-order valence-corrected chi connectivity index (χ1v) is 5.15. The van der Waals surface area contributed by atoms with Crippen LogP contribution in [0, 0.1) is 0 Å². The van der Waals surface area contributed by atoms with Crippen LogP contribution in [0.4, 0.5) is 0 Å². The Kier molecular flexibility index (Phi) is 4.29. The van der Waals surface area contributed by atoms with E-state index in [1.54, 1.807) is 11.3 Å². The molecular weight excluding hydrogens is 170 g/mol. The van der Waals surface area contributed by atoms with Crippen LogP contribution in [0.5, 0.6) is 0 Å². The van der Waals surface area contributed by atoms with E-state index in [2.05, 4.69) is 16.8 Å². The van der Waals surface area contributed by atoms with E-state index >= 15 is 0 Å². The molecule has 0 aromatic carbocycles. The highest BCUT2D eigenvalue weighted by Gasteiger charge is 2.09.